The Morgan fingerprint density at radius 3 is 2.79 bits per heavy atom. The molecule has 6 nitrogen and oxygen atoms in total. The number of aryl methyl sites for hydroxylation is 1. The average Bonchev–Trinajstić information content (AvgIpc) is 3.34. The van der Waals surface area contributed by atoms with E-state index in [9.17, 15) is 4.79 Å². The monoisotopic (exact) mass is 391 g/mol. The topological polar surface area (TPSA) is 68.5 Å². The minimum atomic E-state index is -0.0519. The summed E-state index contributed by atoms with van der Waals surface area (Å²) < 4.78 is 10.9. The lowest BCUT2D eigenvalue weighted by Crippen LogP contribution is -2.27. The van der Waals surface area contributed by atoms with Gasteiger partial charge in [0, 0.05) is 25.1 Å². The van der Waals surface area contributed by atoms with E-state index in [1.165, 1.54) is 11.1 Å². The third-order valence-electron chi connectivity index (χ3n) is 5.18. The normalized spacial score (nSPS) is 16.4. The van der Waals surface area contributed by atoms with Gasteiger partial charge in [-0.05, 0) is 50.1 Å². The molecule has 1 atom stereocenters. The van der Waals surface area contributed by atoms with E-state index in [0.717, 1.165) is 17.7 Å². The predicted molar refractivity (Wildman–Crippen MR) is 110 cm³/mol. The van der Waals surface area contributed by atoms with E-state index in [1.54, 1.807) is 0 Å². The highest BCUT2D eigenvalue weighted by Crippen LogP contribution is 2.29. The number of aromatic nitrogens is 2. The fourth-order valence-corrected chi connectivity index (χ4v) is 3.67. The van der Waals surface area contributed by atoms with Crippen LogP contribution in [0.4, 0.5) is 0 Å². The summed E-state index contributed by atoms with van der Waals surface area (Å²) in [5, 5.41) is 4.10. The summed E-state index contributed by atoms with van der Waals surface area (Å²) in [4.78, 5) is 18.9. The molecule has 1 fully saturated rings. The Kier molecular flexibility index (Phi) is 5.60. The second-order valence-corrected chi connectivity index (χ2v) is 7.39. The first-order valence-corrected chi connectivity index (χ1v) is 10.0. The fourth-order valence-electron chi connectivity index (χ4n) is 3.67. The van der Waals surface area contributed by atoms with E-state index in [0.29, 0.717) is 37.8 Å². The first-order chi connectivity index (χ1) is 14.1. The zero-order chi connectivity index (χ0) is 20.2. The summed E-state index contributed by atoms with van der Waals surface area (Å²) >= 11 is 0. The highest BCUT2D eigenvalue weighted by atomic mass is 16.5. The molecule has 0 N–H and O–H groups in total. The van der Waals surface area contributed by atoms with Crippen LogP contribution in [0.5, 0.6) is 5.75 Å². The van der Waals surface area contributed by atoms with Crippen molar-refractivity contribution in [1.82, 2.24) is 15.0 Å². The third-order valence-corrected chi connectivity index (χ3v) is 5.18. The number of carbonyl (C=O) groups excluding carboxylic acids is 1. The molecule has 1 aromatic heterocycles. The molecule has 6 heteroatoms. The third kappa shape index (κ3) is 4.47. The van der Waals surface area contributed by atoms with E-state index in [2.05, 4.69) is 41.3 Å². The Hall–Kier alpha value is -3.15. The number of amides is 1. The molecule has 1 saturated heterocycles. The highest BCUT2D eigenvalue weighted by molar-refractivity contribution is 5.79. The largest absolute Gasteiger partial charge is 0.494 e. The smallest absolute Gasteiger partial charge is 0.232 e. The van der Waals surface area contributed by atoms with Crippen molar-refractivity contribution < 1.29 is 14.1 Å². The highest BCUT2D eigenvalue weighted by Gasteiger charge is 2.34. The van der Waals surface area contributed by atoms with Gasteiger partial charge in [-0.15, -0.1) is 0 Å². The summed E-state index contributed by atoms with van der Waals surface area (Å²) in [5.74, 6) is 1.96. The summed E-state index contributed by atoms with van der Waals surface area (Å²) in [6.45, 7) is 5.99. The SMILES string of the molecule is CCOc1ccc(-c2noc(C3CC(=O)N(CCc4cccc(C)c4)C3)n2)cc1. The number of nitrogens with zero attached hydrogens (tertiary/aromatic N) is 3. The van der Waals surface area contributed by atoms with Crippen LogP contribution in [0, 0.1) is 6.92 Å². The second kappa shape index (κ2) is 8.47. The van der Waals surface area contributed by atoms with Crippen molar-refractivity contribution in [2.24, 2.45) is 0 Å². The minimum Gasteiger partial charge on any atom is -0.494 e. The van der Waals surface area contributed by atoms with Gasteiger partial charge in [-0.1, -0.05) is 35.0 Å². The van der Waals surface area contributed by atoms with Crippen molar-refractivity contribution in [3.63, 3.8) is 0 Å². The molecule has 0 saturated carbocycles. The van der Waals surface area contributed by atoms with Crippen LogP contribution in [-0.4, -0.2) is 40.6 Å². The van der Waals surface area contributed by atoms with Gasteiger partial charge in [0.2, 0.25) is 17.6 Å². The first kappa shape index (κ1) is 19.2. The van der Waals surface area contributed by atoms with E-state index >= 15 is 0 Å². The Labute approximate surface area is 170 Å². The molecule has 0 aliphatic carbocycles. The van der Waals surface area contributed by atoms with E-state index in [-0.39, 0.29) is 11.8 Å². The van der Waals surface area contributed by atoms with Crippen LogP contribution in [0.2, 0.25) is 0 Å². The maximum atomic E-state index is 12.4. The van der Waals surface area contributed by atoms with Crippen LogP contribution >= 0.6 is 0 Å². The molecule has 0 radical (unpaired) electrons. The lowest BCUT2D eigenvalue weighted by atomic mass is 10.1. The molecule has 2 aromatic carbocycles. The maximum Gasteiger partial charge on any atom is 0.232 e. The van der Waals surface area contributed by atoms with Crippen LogP contribution in [-0.2, 0) is 11.2 Å². The number of hydrogen-bond donors (Lipinski definition) is 0. The van der Waals surface area contributed by atoms with Crippen LogP contribution in [0.15, 0.2) is 53.1 Å². The minimum absolute atomic E-state index is 0.0519. The number of rotatable bonds is 7. The Morgan fingerprint density at radius 2 is 2.03 bits per heavy atom. The number of benzene rings is 2. The molecule has 1 unspecified atom stereocenters. The lowest BCUT2D eigenvalue weighted by Gasteiger charge is -2.16. The summed E-state index contributed by atoms with van der Waals surface area (Å²) in [7, 11) is 0. The molecule has 4 rings (SSSR count). The van der Waals surface area contributed by atoms with Crippen LogP contribution in [0.25, 0.3) is 11.4 Å². The van der Waals surface area contributed by atoms with Crippen LogP contribution < -0.4 is 4.74 Å². The molecule has 0 spiro atoms. The number of likely N-dealkylation sites (tertiary alicyclic amines) is 1. The van der Waals surface area contributed by atoms with Gasteiger partial charge in [-0.2, -0.15) is 4.98 Å². The molecule has 0 bridgehead atoms. The Morgan fingerprint density at radius 1 is 1.21 bits per heavy atom. The maximum absolute atomic E-state index is 12.4. The molecular formula is C23H25N3O3. The van der Waals surface area contributed by atoms with Gasteiger partial charge in [0.1, 0.15) is 5.75 Å². The summed E-state index contributed by atoms with van der Waals surface area (Å²) in [5.41, 5.74) is 3.35. The van der Waals surface area contributed by atoms with Gasteiger partial charge < -0.3 is 14.2 Å². The van der Waals surface area contributed by atoms with Crippen molar-refractivity contribution in [1.29, 1.82) is 0 Å². The van der Waals surface area contributed by atoms with E-state index in [4.69, 9.17) is 9.26 Å². The van der Waals surface area contributed by atoms with Gasteiger partial charge in [0.25, 0.3) is 0 Å². The summed E-state index contributed by atoms with van der Waals surface area (Å²) in [6, 6.07) is 16.0. The van der Waals surface area contributed by atoms with Gasteiger partial charge in [-0.3, -0.25) is 4.79 Å². The number of ether oxygens (including phenoxy) is 1. The standard InChI is InChI=1S/C23H25N3O3/c1-3-28-20-9-7-18(8-10-20)22-24-23(29-25-22)19-14-21(27)26(15-19)12-11-17-6-4-5-16(2)13-17/h4-10,13,19H,3,11-12,14-15H2,1-2H3. The van der Waals surface area contributed by atoms with Crippen molar-refractivity contribution in [3.05, 3.63) is 65.5 Å². The van der Waals surface area contributed by atoms with Gasteiger partial charge in [-0.25, -0.2) is 0 Å². The molecule has 150 valence electrons. The van der Waals surface area contributed by atoms with E-state index < -0.39 is 0 Å². The number of hydrogen-bond acceptors (Lipinski definition) is 5. The van der Waals surface area contributed by atoms with Crippen molar-refractivity contribution in [2.75, 3.05) is 19.7 Å². The molecule has 29 heavy (non-hydrogen) atoms. The van der Waals surface area contributed by atoms with Crippen LogP contribution in [0.3, 0.4) is 0 Å². The lowest BCUT2D eigenvalue weighted by molar-refractivity contribution is -0.127. The van der Waals surface area contributed by atoms with Crippen molar-refractivity contribution in [3.8, 4) is 17.1 Å². The van der Waals surface area contributed by atoms with Crippen LogP contribution in [0.1, 0.15) is 36.3 Å². The van der Waals surface area contributed by atoms with Gasteiger partial charge in [0.15, 0.2) is 0 Å². The predicted octanol–water partition coefficient (Wildman–Crippen LogP) is 4.00. The molecule has 3 aromatic rings. The quantitative estimate of drug-likeness (QED) is 0.609. The second-order valence-electron chi connectivity index (χ2n) is 7.39. The van der Waals surface area contributed by atoms with Crippen molar-refractivity contribution >= 4 is 5.91 Å². The summed E-state index contributed by atoms with van der Waals surface area (Å²) in [6.07, 6.45) is 1.26. The first-order valence-electron chi connectivity index (χ1n) is 10.0. The van der Waals surface area contributed by atoms with E-state index in [1.807, 2.05) is 36.1 Å². The Bertz CT molecular complexity index is 981. The van der Waals surface area contributed by atoms with Gasteiger partial charge >= 0.3 is 0 Å². The molecule has 1 aliphatic heterocycles. The van der Waals surface area contributed by atoms with Gasteiger partial charge in [0.05, 0.1) is 12.5 Å². The number of carbonyl (C=O) groups is 1. The molecule has 1 aliphatic rings. The van der Waals surface area contributed by atoms with Crippen molar-refractivity contribution in [2.45, 2.75) is 32.6 Å². The zero-order valence-corrected chi connectivity index (χ0v) is 16.8. The zero-order valence-electron chi connectivity index (χ0n) is 16.8. The Balaban J connectivity index is 1.39. The fraction of sp³-hybridized carbons (Fsp3) is 0.348. The molecular weight excluding hydrogens is 366 g/mol. The average molecular weight is 391 g/mol. The molecule has 1 amide bonds. The molecule has 2 heterocycles.